The van der Waals surface area contributed by atoms with Gasteiger partial charge in [-0.05, 0) is 31.9 Å². The summed E-state index contributed by atoms with van der Waals surface area (Å²) >= 11 is 0. The summed E-state index contributed by atoms with van der Waals surface area (Å²) in [4.78, 5) is 0. The summed E-state index contributed by atoms with van der Waals surface area (Å²) in [6.45, 7) is 1.79. The van der Waals surface area contributed by atoms with Gasteiger partial charge in [0.2, 0.25) is 0 Å². The highest BCUT2D eigenvalue weighted by Crippen LogP contribution is 2.24. The van der Waals surface area contributed by atoms with Crippen LogP contribution in [0.5, 0.6) is 0 Å². The second-order valence-electron chi connectivity index (χ2n) is 5.64. The smallest absolute Gasteiger partial charge is 0.0718 e. The average Bonchev–Trinajstić information content (AvgIpc) is 2.82. The topological polar surface area (TPSA) is 39.1 Å². The van der Waals surface area contributed by atoms with Gasteiger partial charge in [0.15, 0.2) is 0 Å². The first-order valence-electron chi connectivity index (χ1n) is 7.45. The second kappa shape index (κ2) is 5.94. The Labute approximate surface area is 120 Å². The van der Waals surface area contributed by atoms with Crippen molar-refractivity contribution in [2.24, 2.45) is 13.0 Å². The Hall–Kier alpha value is -1.39. The van der Waals surface area contributed by atoms with Crippen LogP contribution in [-0.4, -0.2) is 36.1 Å². The van der Waals surface area contributed by atoms with Crippen molar-refractivity contribution in [1.29, 1.82) is 0 Å². The van der Waals surface area contributed by atoms with Crippen LogP contribution in [0.1, 0.15) is 18.5 Å². The highest BCUT2D eigenvalue weighted by Gasteiger charge is 2.24. The monoisotopic (exact) mass is 273 g/mol. The largest absolute Gasteiger partial charge is 0.381 e. The molecule has 2 aromatic rings. The molecule has 4 nitrogen and oxygen atoms in total. The van der Waals surface area contributed by atoms with Crippen molar-refractivity contribution in [1.82, 2.24) is 15.1 Å². The minimum Gasteiger partial charge on any atom is -0.381 e. The first-order chi connectivity index (χ1) is 9.79. The van der Waals surface area contributed by atoms with Gasteiger partial charge in [-0.25, -0.2) is 0 Å². The van der Waals surface area contributed by atoms with Gasteiger partial charge < -0.3 is 10.1 Å². The van der Waals surface area contributed by atoms with Crippen LogP contribution in [-0.2, 0) is 18.2 Å². The minimum absolute atomic E-state index is 0.484. The number of fused-ring (bicyclic) bond motifs is 1. The number of aromatic nitrogens is 2. The predicted molar refractivity (Wildman–Crippen MR) is 80.8 cm³/mol. The van der Waals surface area contributed by atoms with Crippen molar-refractivity contribution in [2.75, 3.05) is 20.3 Å². The van der Waals surface area contributed by atoms with Gasteiger partial charge in [0, 0.05) is 38.1 Å². The van der Waals surface area contributed by atoms with Crippen molar-refractivity contribution >= 4 is 10.9 Å². The molecule has 0 aliphatic carbocycles. The molecule has 3 rings (SSSR count). The molecule has 108 valence electrons. The molecule has 1 aliphatic rings. The molecule has 1 N–H and O–H groups in total. The van der Waals surface area contributed by atoms with Gasteiger partial charge >= 0.3 is 0 Å². The van der Waals surface area contributed by atoms with Crippen molar-refractivity contribution in [2.45, 2.75) is 25.3 Å². The molecular weight excluding hydrogens is 250 g/mol. The summed E-state index contributed by atoms with van der Waals surface area (Å²) in [6.07, 6.45) is 3.29. The van der Waals surface area contributed by atoms with Crippen LogP contribution in [0.2, 0.25) is 0 Å². The molecule has 1 aliphatic heterocycles. The maximum Gasteiger partial charge on any atom is 0.0718 e. The number of benzene rings is 1. The van der Waals surface area contributed by atoms with Crippen molar-refractivity contribution in [3.05, 3.63) is 30.0 Å². The summed E-state index contributed by atoms with van der Waals surface area (Å²) in [6, 6.07) is 8.96. The van der Waals surface area contributed by atoms with E-state index in [1.807, 2.05) is 11.7 Å². The Morgan fingerprint density at radius 2 is 2.10 bits per heavy atom. The third-order valence-corrected chi connectivity index (χ3v) is 4.45. The fraction of sp³-hybridized carbons (Fsp3) is 0.562. The van der Waals surface area contributed by atoms with E-state index in [2.05, 4.69) is 36.6 Å². The number of aryl methyl sites for hydroxylation is 1. The summed E-state index contributed by atoms with van der Waals surface area (Å²) in [5.74, 6) is 0.689. The third kappa shape index (κ3) is 2.58. The fourth-order valence-electron chi connectivity index (χ4n) is 3.27. The van der Waals surface area contributed by atoms with Crippen LogP contribution in [0.15, 0.2) is 24.3 Å². The lowest BCUT2D eigenvalue weighted by atomic mass is 9.88. The number of hydrogen-bond donors (Lipinski definition) is 1. The Morgan fingerprint density at radius 3 is 2.85 bits per heavy atom. The normalized spacial score (nSPS) is 18.5. The molecule has 0 amide bonds. The molecule has 1 aromatic heterocycles. The summed E-state index contributed by atoms with van der Waals surface area (Å²) < 4.78 is 7.46. The first-order valence-corrected chi connectivity index (χ1v) is 7.45. The molecule has 20 heavy (non-hydrogen) atoms. The number of nitrogens with zero attached hydrogens (tertiary/aromatic N) is 2. The SMILES string of the molecule is CNC(Cc1nn(C)c2ccccc12)C1CCOCC1. The number of rotatable bonds is 4. The molecule has 2 heterocycles. The van der Waals surface area contributed by atoms with E-state index >= 15 is 0 Å². The highest BCUT2D eigenvalue weighted by atomic mass is 16.5. The highest BCUT2D eigenvalue weighted by molar-refractivity contribution is 5.81. The molecule has 1 unspecified atom stereocenters. The van der Waals surface area contributed by atoms with E-state index in [1.165, 1.54) is 16.6 Å². The fourth-order valence-corrected chi connectivity index (χ4v) is 3.27. The summed E-state index contributed by atoms with van der Waals surface area (Å²) in [5.41, 5.74) is 2.42. The second-order valence-corrected chi connectivity index (χ2v) is 5.64. The number of ether oxygens (including phenoxy) is 1. The van der Waals surface area contributed by atoms with Gasteiger partial charge in [0.25, 0.3) is 0 Å². The van der Waals surface area contributed by atoms with E-state index in [-0.39, 0.29) is 0 Å². The molecule has 1 atom stereocenters. The van der Waals surface area contributed by atoms with Crippen LogP contribution in [0, 0.1) is 5.92 Å². The lowest BCUT2D eigenvalue weighted by molar-refractivity contribution is 0.0546. The van der Waals surface area contributed by atoms with Gasteiger partial charge in [-0.2, -0.15) is 5.10 Å². The maximum absolute atomic E-state index is 5.47. The lowest BCUT2D eigenvalue weighted by Gasteiger charge is -2.29. The average molecular weight is 273 g/mol. The molecule has 1 aromatic carbocycles. The number of nitrogens with one attached hydrogen (secondary N) is 1. The van der Waals surface area contributed by atoms with E-state index < -0.39 is 0 Å². The Kier molecular flexibility index (Phi) is 4.03. The van der Waals surface area contributed by atoms with Crippen LogP contribution in [0.25, 0.3) is 10.9 Å². The number of para-hydroxylation sites is 1. The maximum atomic E-state index is 5.47. The summed E-state index contributed by atoms with van der Waals surface area (Å²) in [5, 5.41) is 9.49. The lowest BCUT2D eigenvalue weighted by Crippen LogP contribution is -2.38. The quantitative estimate of drug-likeness (QED) is 0.927. The summed E-state index contributed by atoms with van der Waals surface area (Å²) in [7, 11) is 4.08. The zero-order chi connectivity index (χ0) is 13.9. The first kappa shape index (κ1) is 13.6. The van der Waals surface area contributed by atoms with Gasteiger partial charge in [-0.1, -0.05) is 18.2 Å². The van der Waals surface area contributed by atoms with Gasteiger partial charge in [0.05, 0.1) is 11.2 Å². The molecular formula is C16H23N3O. The number of hydrogen-bond acceptors (Lipinski definition) is 3. The van der Waals surface area contributed by atoms with Crippen LogP contribution >= 0.6 is 0 Å². The molecule has 0 spiro atoms. The predicted octanol–water partition coefficient (Wildman–Crippen LogP) is 2.13. The van der Waals surface area contributed by atoms with E-state index in [1.54, 1.807) is 0 Å². The molecule has 0 radical (unpaired) electrons. The van der Waals surface area contributed by atoms with Crippen LogP contribution in [0.3, 0.4) is 0 Å². The van der Waals surface area contributed by atoms with Crippen LogP contribution in [0.4, 0.5) is 0 Å². The Balaban J connectivity index is 1.83. The van der Waals surface area contributed by atoms with Crippen molar-refractivity contribution < 1.29 is 4.74 Å². The van der Waals surface area contributed by atoms with E-state index in [0.717, 1.165) is 32.5 Å². The Morgan fingerprint density at radius 1 is 1.35 bits per heavy atom. The molecule has 0 bridgehead atoms. The molecule has 1 fully saturated rings. The van der Waals surface area contributed by atoms with E-state index in [9.17, 15) is 0 Å². The van der Waals surface area contributed by atoms with Crippen molar-refractivity contribution in [3.63, 3.8) is 0 Å². The number of likely N-dealkylation sites (N-methyl/N-ethyl adjacent to an activating group) is 1. The van der Waals surface area contributed by atoms with E-state index in [0.29, 0.717) is 12.0 Å². The molecule has 1 saturated heterocycles. The van der Waals surface area contributed by atoms with Gasteiger partial charge in [0.1, 0.15) is 0 Å². The van der Waals surface area contributed by atoms with E-state index in [4.69, 9.17) is 9.84 Å². The Bertz CT molecular complexity index is 572. The third-order valence-electron chi connectivity index (χ3n) is 4.45. The van der Waals surface area contributed by atoms with Crippen LogP contribution < -0.4 is 5.32 Å². The minimum atomic E-state index is 0.484. The molecule has 4 heteroatoms. The standard InChI is InChI=1S/C16H23N3O/c1-17-14(12-7-9-20-10-8-12)11-15-13-5-3-4-6-16(13)19(2)18-15/h3-6,12,14,17H,7-11H2,1-2H3. The zero-order valence-corrected chi connectivity index (χ0v) is 12.3. The van der Waals surface area contributed by atoms with Gasteiger partial charge in [-0.15, -0.1) is 0 Å². The zero-order valence-electron chi connectivity index (χ0n) is 12.3. The van der Waals surface area contributed by atoms with Crippen molar-refractivity contribution in [3.8, 4) is 0 Å². The molecule has 0 saturated carbocycles. The van der Waals surface area contributed by atoms with Gasteiger partial charge in [-0.3, -0.25) is 4.68 Å².